The smallest absolute Gasteiger partial charge is 0.405 e. The van der Waals surface area contributed by atoms with Gasteiger partial charge in [-0.05, 0) is 49.4 Å². The van der Waals surface area contributed by atoms with E-state index in [-0.39, 0.29) is 28.0 Å². The second kappa shape index (κ2) is 7.92. The minimum Gasteiger partial charge on any atom is -0.405 e. The van der Waals surface area contributed by atoms with Crippen LogP contribution in [0.15, 0.2) is 41.6 Å². The van der Waals surface area contributed by atoms with Gasteiger partial charge in [0.05, 0.1) is 16.6 Å². The molecule has 1 fully saturated rings. The van der Waals surface area contributed by atoms with Crippen LogP contribution in [0.4, 0.5) is 26.3 Å². The van der Waals surface area contributed by atoms with Gasteiger partial charge in [0.15, 0.2) is 5.82 Å². The van der Waals surface area contributed by atoms with Gasteiger partial charge in [-0.25, -0.2) is 4.98 Å². The zero-order chi connectivity index (χ0) is 24.1. The Morgan fingerprint density at radius 3 is 2.41 bits per heavy atom. The Balaban J connectivity index is 1.58. The predicted octanol–water partition coefficient (Wildman–Crippen LogP) is 6.97. The molecule has 5 nitrogen and oxygen atoms in total. The highest BCUT2D eigenvalue weighted by Gasteiger charge is 2.42. The number of ether oxygens (including phenoxy) is 1. The molecule has 1 aliphatic heterocycles. The first-order chi connectivity index (χ1) is 16.0. The van der Waals surface area contributed by atoms with Gasteiger partial charge >= 0.3 is 12.5 Å². The van der Waals surface area contributed by atoms with E-state index in [4.69, 9.17) is 4.84 Å². The number of nitrogens with zero attached hydrogens (tertiary/aromatic N) is 2. The Labute approximate surface area is 189 Å². The summed E-state index contributed by atoms with van der Waals surface area (Å²) in [5.41, 5.74) is -1.63. The molecule has 0 radical (unpaired) electrons. The number of aromatic nitrogens is 2. The van der Waals surface area contributed by atoms with Crippen molar-refractivity contribution in [3.05, 3.63) is 47.8 Å². The number of benzene rings is 2. The number of imidazole rings is 1. The van der Waals surface area contributed by atoms with E-state index in [2.05, 4.69) is 19.9 Å². The minimum absolute atomic E-state index is 0.0473. The Hall–Kier alpha value is -3.24. The van der Waals surface area contributed by atoms with Gasteiger partial charge < -0.3 is 14.6 Å². The molecule has 2 aromatic carbocycles. The average Bonchev–Trinajstić information content (AvgIpc) is 3.36. The summed E-state index contributed by atoms with van der Waals surface area (Å²) in [5, 5.41) is 4.10. The molecule has 1 saturated carbocycles. The van der Waals surface area contributed by atoms with Gasteiger partial charge in [-0.3, -0.25) is 0 Å². The van der Waals surface area contributed by atoms with E-state index in [1.807, 2.05) is 0 Å². The first kappa shape index (κ1) is 22.5. The van der Waals surface area contributed by atoms with Crippen LogP contribution in [0.3, 0.4) is 0 Å². The van der Waals surface area contributed by atoms with E-state index in [0.29, 0.717) is 12.1 Å². The zero-order valence-corrected chi connectivity index (χ0v) is 17.7. The number of rotatable bonds is 3. The van der Waals surface area contributed by atoms with Crippen LogP contribution in [0.25, 0.3) is 22.2 Å². The number of oxime groups is 1. The van der Waals surface area contributed by atoms with Crippen molar-refractivity contribution in [2.45, 2.75) is 56.7 Å². The largest absolute Gasteiger partial charge is 0.573 e. The molecule has 0 unspecified atom stereocenters. The Morgan fingerprint density at radius 2 is 1.71 bits per heavy atom. The fourth-order valence-electron chi connectivity index (χ4n) is 4.66. The molecule has 1 aliphatic carbocycles. The quantitative estimate of drug-likeness (QED) is 0.409. The molecule has 0 saturated heterocycles. The van der Waals surface area contributed by atoms with Crippen molar-refractivity contribution in [3.63, 3.8) is 0 Å². The molecule has 2 aliphatic rings. The summed E-state index contributed by atoms with van der Waals surface area (Å²) in [6.45, 7) is 0. The molecule has 3 aromatic rings. The molecule has 5 rings (SSSR count). The van der Waals surface area contributed by atoms with E-state index in [1.165, 1.54) is 24.3 Å². The second-order valence-electron chi connectivity index (χ2n) is 8.59. The number of hydrogen-bond acceptors (Lipinski definition) is 4. The number of fused-ring (bicyclic) bond motifs is 1. The minimum atomic E-state index is -5.00. The first-order valence-corrected chi connectivity index (χ1v) is 10.7. The van der Waals surface area contributed by atoms with E-state index in [9.17, 15) is 26.3 Å². The van der Waals surface area contributed by atoms with E-state index in [1.54, 1.807) is 0 Å². The van der Waals surface area contributed by atoms with Gasteiger partial charge in [-0.1, -0.05) is 29.8 Å². The number of halogens is 6. The molecule has 1 N–H and O–H groups in total. The average molecular weight is 483 g/mol. The summed E-state index contributed by atoms with van der Waals surface area (Å²) in [7, 11) is 0. The molecular weight excluding hydrogens is 464 g/mol. The van der Waals surface area contributed by atoms with Crippen molar-refractivity contribution < 1.29 is 35.9 Å². The Bertz CT molecular complexity index is 1260. The van der Waals surface area contributed by atoms with E-state index < -0.39 is 29.5 Å². The Kier molecular flexibility index (Phi) is 5.25. The van der Waals surface area contributed by atoms with Crippen molar-refractivity contribution in [1.29, 1.82) is 0 Å². The molecule has 11 heteroatoms. The van der Waals surface area contributed by atoms with Crippen LogP contribution in [0.2, 0.25) is 0 Å². The molecular formula is C23H19F6N3O2. The fourth-order valence-corrected chi connectivity index (χ4v) is 4.66. The third kappa shape index (κ3) is 4.30. The topological polar surface area (TPSA) is 59.5 Å². The van der Waals surface area contributed by atoms with Crippen molar-refractivity contribution in [2.24, 2.45) is 5.16 Å². The van der Waals surface area contributed by atoms with Gasteiger partial charge in [0.2, 0.25) is 0 Å². The van der Waals surface area contributed by atoms with Crippen LogP contribution in [-0.2, 0) is 11.0 Å². The summed E-state index contributed by atoms with van der Waals surface area (Å²) in [6, 6.07) is 7.12. The summed E-state index contributed by atoms with van der Waals surface area (Å²) >= 11 is 0. The maximum atomic E-state index is 13.9. The Morgan fingerprint density at radius 1 is 0.971 bits per heavy atom. The molecule has 0 amide bonds. The van der Waals surface area contributed by atoms with Crippen LogP contribution in [0.1, 0.15) is 49.9 Å². The summed E-state index contributed by atoms with van der Waals surface area (Å²) in [4.78, 5) is 12.7. The lowest BCUT2D eigenvalue weighted by Gasteiger charge is -2.30. The number of para-hydroxylation sites is 1. The molecule has 0 bridgehead atoms. The standard InChI is InChI=1S/C23H19F6N3O2/c24-22(25,26)15-10-13(14-6-2-3-7-18(14)33-23(27,28)29)11-16-19(15)31-20(30-16)17-12-21(34-32-17)8-4-1-5-9-21/h2-3,6-7,10-11H,1,4-5,8-9,12H2,(H,30,31). The van der Waals surface area contributed by atoms with Crippen molar-refractivity contribution in [3.8, 4) is 16.9 Å². The van der Waals surface area contributed by atoms with Crippen molar-refractivity contribution in [1.82, 2.24) is 9.97 Å². The monoisotopic (exact) mass is 483 g/mol. The lowest BCUT2D eigenvalue weighted by molar-refractivity contribution is -0.274. The van der Waals surface area contributed by atoms with Crippen LogP contribution >= 0.6 is 0 Å². The van der Waals surface area contributed by atoms with Gasteiger partial charge in [0.25, 0.3) is 0 Å². The normalized spacial score (nSPS) is 18.2. The summed E-state index contributed by atoms with van der Waals surface area (Å²) in [6.07, 6.45) is -4.64. The molecule has 1 spiro atoms. The second-order valence-corrected chi connectivity index (χ2v) is 8.59. The highest BCUT2D eigenvalue weighted by atomic mass is 19.4. The van der Waals surface area contributed by atoms with Gasteiger partial charge in [0, 0.05) is 12.0 Å². The number of alkyl halides is 6. The van der Waals surface area contributed by atoms with E-state index >= 15 is 0 Å². The van der Waals surface area contributed by atoms with Gasteiger partial charge in [-0.2, -0.15) is 13.2 Å². The predicted molar refractivity (Wildman–Crippen MR) is 111 cm³/mol. The highest BCUT2D eigenvalue weighted by molar-refractivity contribution is 6.01. The SMILES string of the molecule is FC(F)(F)Oc1ccccc1-c1cc(C(F)(F)F)c2[nH]c(C3=NOC4(CCCCC4)C3)nc2c1. The van der Waals surface area contributed by atoms with Crippen LogP contribution < -0.4 is 4.74 Å². The number of aromatic amines is 1. The van der Waals surface area contributed by atoms with Crippen molar-refractivity contribution in [2.75, 3.05) is 0 Å². The lowest BCUT2D eigenvalue weighted by Crippen LogP contribution is -2.31. The molecule has 34 heavy (non-hydrogen) atoms. The van der Waals surface area contributed by atoms with Crippen LogP contribution in [-0.4, -0.2) is 27.6 Å². The third-order valence-electron chi connectivity index (χ3n) is 6.20. The van der Waals surface area contributed by atoms with Crippen LogP contribution in [0, 0.1) is 0 Å². The number of H-pyrrole nitrogens is 1. The van der Waals surface area contributed by atoms with Gasteiger partial charge in [0.1, 0.15) is 17.1 Å². The van der Waals surface area contributed by atoms with Gasteiger partial charge in [-0.15, -0.1) is 13.2 Å². The fraction of sp³-hybridized carbons (Fsp3) is 0.391. The maximum absolute atomic E-state index is 13.9. The highest BCUT2D eigenvalue weighted by Crippen LogP contribution is 2.42. The number of nitrogens with one attached hydrogen (secondary N) is 1. The molecule has 2 heterocycles. The number of hydrogen-bond donors (Lipinski definition) is 1. The summed E-state index contributed by atoms with van der Waals surface area (Å²) < 4.78 is 84.4. The first-order valence-electron chi connectivity index (χ1n) is 10.7. The maximum Gasteiger partial charge on any atom is 0.573 e. The summed E-state index contributed by atoms with van der Waals surface area (Å²) in [5.74, 6) is -0.453. The van der Waals surface area contributed by atoms with Crippen LogP contribution in [0.5, 0.6) is 5.75 Å². The zero-order valence-electron chi connectivity index (χ0n) is 17.7. The molecule has 180 valence electrons. The van der Waals surface area contributed by atoms with Crippen molar-refractivity contribution >= 4 is 16.7 Å². The molecule has 0 atom stereocenters. The molecule has 1 aromatic heterocycles. The lowest BCUT2D eigenvalue weighted by atomic mass is 9.81. The third-order valence-corrected chi connectivity index (χ3v) is 6.20. The van der Waals surface area contributed by atoms with E-state index in [0.717, 1.165) is 44.2 Å².